The van der Waals surface area contributed by atoms with Crippen LogP contribution in [0.2, 0.25) is 0 Å². The summed E-state index contributed by atoms with van der Waals surface area (Å²) < 4.78 is 0. The van der Waals surface area contributed by atoms with Crippen LogP contribution in [-0.4, -0.2) is 22.3 Å². The van der Waals surface area contributed by atoms with Gasteiger partial charge in [-0.2, -0.15) is 0 Å². The number of nitrogens with zero attached hydrogens (tertiary/aromatic N) is 2. The minimum atomic E-state index is -0.656. The third-order valence-electron chi connectivity index (χ3n) is 10.1. The Hall–Kier alpha value is -3.81. The van der Waals surface area contributed by atoms with Crippen LogP contribution in [0.5, 0.6) is 0 Å². The smallest absolute Gasteiger partial charge is 0.259 e. The van der Waals surface area contributed by atoms with E-state index in [0.29, 0.717) is 11.2 Å². The molecule has 3 aliphatic rings. The van der Waals surface area contributed by atoms with Gasteiger partial charge in [-0.25, -0.2) is 0 Å². The molecule has 0 saturated heterocycles. The second-order valence-electron chi connectivity index (χ2n) is 13.2. The molecule has 0 aromatic heterocycles. The number of hydrogen-bond donors (Lipinski definition) is 0. The molecule has 2 aliphatic carbocycles. The molecular weight excluding hydrogens is 659 g/mol. The minimum absolute atomic E-state index is 0. The number of aliphatic imine (C=N–C) groups is 1. The van der Waals surface area contributed by atoms with Gasteiger partial charge < -0.3 is 0 Å². The van der Waals surface area contributed by atoms with E-state index in [1.807, 2.05) is 42.5 Å². The molecule has 1 heterocycles. The summed E-state index contributed by atoms with van der Waals surface area (Å²) in [7, 11) is -0.656. The number of amides is 1. The van der Waals surface area contributed by atoms with Crippen molar-refractivity contribution < 1.29 is 21.9 Å². The van der Waals surface area contributed by atoms with Crippen molar-refractivity contribution >= 4 is 30.3 Å². The molecule has 5 heteroatoms. The molecular formula is C44H45FeN2OP. The van der Waals surface area contributed by atoms with Gasteiger partial charge in [0.15, 0.2) is 0 Å². The van der Waals surface area contributed by atoms with E-state index in [1.54, 1.807) is 0 Å². The van der Waals surface area contributed by atoms with Gasteiger partial charge in [-0.15, -0.1) is 0 Å². The van der Waals surface area contributed by atoms with E-state index in [2.05, 4.69) is 114 Å². The Labute approximate surface area is 304 Å². The minimum Gasteiger partial charge on any atom is -0.286 e. The Morgan fingerprint density at radius 2 is 1.00 bits per heavy atom. The molecule has 0 N–H and O–H groups in total. The van der Waals surface area contributed by atoms with Crippen molar-refractivity contribution in [1.29, 1.82) is 0 Å². The maximum atomic E-state index is 14.6. The third-order valence-corrected chi connectivity index (χ3v) is 13.1. The summed E-state index contributed by atoms with van der Waals surface area (Å²) in [5.41, 5.74) is 3.34. The molecule has 1 aliphatic heterocycles. The van der Waals surface area contributed by atoms with Crippen LogP contribution in [0, 0.1) is 5.92 Å². The van der Waals surface area contributed by atoms with Gasteiger partial charge in [-0.05, 0) is 60.3 Å². The Morgan fingerprint density at radius 3 is 1.51 bits per heavy atom. The summed E-state index contributed by atoms with van der Waals surface area (Å²) in [5.74, 6) is 1.17. The molecule has 5 aromatic carbocycles. The van der Waals surface area contributed by atoms with E-state index in [1.165, 1.54) is 42.7 Å². The first kappa shape index (κ1) is 35.0. The fourth-order valence-electron chi connectivity index (χ4n) is 7.82. The van der Waals surface area contributed by atoms with Gasteiger partial charge in [0.25, 0.3) is 5.91 Å². The summed E-state index contributed by atoms with van der Waals surface area (Å²) in [4.78, 5) is 22.3. The Balaban J connectivity index is 0.000000639. The van der Waals surface area contributed by atoms with Gasteiger partial charge in [-0.3, -0.25) is 14.7 Å². The van der Waals surface area contributed by atoms with Crippen LogP contribution in [0.4, 0.5) is 0 Å². The van der Waals surface area contributed by atoms with Crippen LogP contribution >= 0.6 is 7.92 Å². The van der Waals surface area contributed by atoms with Gasteiger partial charge in [0, 0.05) is 28.6 Å². The van der Waals surface area contributed by atoms with Gasteiger partial charge in [0.2, 0.25) is 0 Å². The zero-order valence-electron chi connectivity index (χ0n) is 28.0. The van der Waals surface area contributed by atoms with Crippen molar-refractivity contribution in [3.8, 4) is 0 Å². The molecule has 0 spiro atoms. The average Bonchev–Trinajstić information content (AvgIpc) is 3.97. The molecule has 4 atom stereocenters. The summed E-state index contributed by atoms with van der Waals surface area (Å²) >= 11 is 0. The number of amidine groups is 1. The van der Waals surface area contributed by atoms with Crippen molar-refractivity contribution in [3.05, 3.63) is 168 Å². The molecule has 1 amide bonds. The number of hydrogen-bond acceptors (Lipinski definition) is 2. The SMILES string of the molecule is C1CCCC1.O=C(c1ccccc1)N1C(C2CCCC2P(c2ccccc2)c2ccccc2)=N[C@@H](c2ccccc2)[C@@H]1c1ccccc1.[Fe]. The van der Waals surface area contributed by atoms with Crippen LogP contribution in [0.1, 0.15) is 84.9 Å². The van der Waals surface area contributed by atoms with Crippen LogP contribution < -0.4 is 10.6 Å². The van der Waals surface area contributed by atoms with E-state index in [4.69, 9.17) is 4.99 Å². The van der Waals surface area contributed by atoms with E-state index in [-0.39, 0.29) is 41.0 Å². The molecule has 8 rings (SSSR count). The first-order chi connectivity index (χ1) is 23.8. The van der Waals surface area contributed by atoms with Gasteiger partial charge in [-0.1, -0.05) is 178 Å². The Morgan fingerprint density at radius 1 is 0.551 bits per heavy atom. The second kappa shape index (κ2) is 17.2. The first-order valence-electron chi connectivity index (χ1n) is 17.7. The zero-order chi connectivity index (χ0) is 32.5. The molecule has 2 saturated carbocycles. The summed E-state index contributed by atoms with van der Waals surface area (Å²) in [6, 6.07) is 52.4. The molecule has 2 fully saturated rings. The van der Waals surface area contributed by atoms with Gasteiger partial charge >= 0.3 is 0 Å². The molecule has 5 aromatic rings. The average molecular weight is 705 g/mol. The number of rotatable bonds is 7. The maximum Gasteiger partial charge on any atom is 0.259 e. The number of benzene rings is 5. The molecule has 0 radical (unpaired) electrons. The number of carbonyl (C=O) groups is 1. The van der Waals surface area contributed by atoms with E-state index < -0.39 is 7.92 Å². The van der Waals surface area contributed by atoms with E-state index >= 15 is 0 Å². The van der Waals surface area contributed by atoms with Crippen LogP contribution in [-0.2, 0) is 17.1 Å². The fraction of sp³-hybridized carbons (Fsp3) is 0.273. The maximum absolute atomic E-state index is 14.6. The van der Waals surface area contributed by atoms with Crippen LogP contribution in [0.3, 0.4) is 0 Å². The van der Waals surface area contributed by atoms with Gasteiger partial charge in [0.1, 0.15) is 11.9 Å². The largest absolute Gasteiger partial charge is 0.286 e. The summed E-state index contributed by atoms with van der Waals surface area (Å²) in [6.07, 6.45) is 10.8. The molecule has 250 valence electrons. The normalized spacial score (nSPS) is 21.4. The Kier molecular flexibility index (Phi) is 12.3. The molecule has 3 nitrogen and oxygen atoms in total. The predicted octanol–water partition coefficient (Wildman–Crippen LogP) is 10.3. The zero-order valence-corrected chi connectivity index (χ0v) is 30.0. The van der Waals surface area contributed by atoms with Crippen molar-refractivity contribution in [1.82, 2.24) is 4.90 Å². The number of carbonyl (C=O) groups excluding carboxylic acids is 1. The summed E-state index contributed by atoms with van der Waals surface area (Å²) in [5, 5.41) is 2.78. The van der Waals surface area contributed by atoms with Crippen molar-refractivity contribution in [2.75, 3.05) is 0 Å². The van der Waals surface area contributed by atoms with Crippen molar-refractivity contribution in [2.45, 2.75) is 69.1 Å². The van der Waals surface area contributed by atoms with E-state index in [0.717, 1.165) is 36.2 Å². The topological polar surface area (TPSA) is 32.7 Å². The summed E-state index contributed by atoms with van der Waals surface area (Å²) in [6.45, 7) is 0. The van der Waals surface area contributed by atoms with Crippen LogP contribution in [0.15, 0.2) is 157 Å². The van der Waals surface area contributed by atoms with Crippen molar-refractivity contribution in [2.24, 2.45) is 10.9 Å². The third kappa shape index (κ3) is 7.99. The molecule has 2 unspecified atom stereocenters. The molecule has 0 bridgehead atoms. The first-order valence-corrected chi connectivity index (χ1v) is 19.2. The standard InChI is InChI=1S/C39H35N2OP.C5H10.Fe/c42-39(31-21-10-3-11-22-31)41-37(30-19-8-2-9-20-30)36(29-17-6-1-7-18-29)40-38(41)34-27-16-28-35(34)43(32-23-12-4-13-24-32)33-25-14-5-15-26-33;1-2-4-5-3-1;/h1-15,17-26,34-37H,16,27-28H2;1-5H2;/t34?,35?,36-,37-;;/m0../s1. The van der Waals surface area contributed by atoms with E-state index in [9.17, 15) is 4.79 Å². The Bertz CT molecular complexity index is 1720. The second-order valence-corrected chi connectivity index (χ2v) is 15.6. The molecule has 49 heavy (non-hydrogen) atoms. The fourth-order valence-corrected chi connectivity index (χ4v) is 10.9. The quantitative estimate of drug-likeness (QED) is 0.123. The van der Waals surface area contributed by atoms with Crippen LogP contribution in [0.25, 0.3) is 0 Å². The predicted molar refractivity (Wildman–Crippen MR) is 202 cm³/mol. The monoisotopic (exact) mass is 704 g/mol. The van der Waals surface area contributed by atoms with Crippen molar-refractivity contribution in [3.63, 3.8) is 0 Å². The van der Waals surface area contributed by atoms with Gasteiger partial charge in [0.05, 0.1) is 6.04 Å².